The monoisotopic (exact) mass is 355 g/mol. The van der Waals surface area contributed by atoms with Gasteiger partial charge in [0.2, 0.25) is 0 Å². The number of aromatic nitrogens is 1. The van der Waals surface area contributed by atoms with E-state index in [-0.39, 0.29) is 5.97 Å². The molecule has 1 fully saturated rings. The smallest absolute Gasteiger partial charge is 0.339 e. The zero-order chi connectivity index (χ0) is 18.2. The van der Waals surface area contributed by atoms with E-state index in [1.54, 1.807) is 25.3 Å². The maximum atomic E-state index is 11.7. The SMILES string of the molecule is CCOC(=O)c1ccc(NCc2ccccc2CN2CCOCC2)nc1. The molecule has 0 spiro atoms. The number of carbonyl (C=O) groups excluding carboxylic acids is 1. The molecule has 0 amide bonds. The van der Waals surface area contributed by atoms with Gasteiger partial charge in [-0.25, -0.2) is 9.78 Å². The van der Waals surface area contributed by atoms with E-state index in [0.29, 0.717) is 18.7 Å². The number of morpholine rings is 1. The van der Waals surface area contributed by atoms with Gasteiger partial charge in [0.15, 0.2) is 0 Å². The Kier molecular flexibility index (Phi) is 6.57. The van der Waals surface area contributed by atoms with Crippen molar-refractivity contribution in [1.29, 1.82) is 0 Å². The van der Waals surface area contributed by atoms with Gasteiger partial charge < -0.3 is 14.8 Å². The molecule has 6 nitrogen and oxygen atoms in total. The van der Waals surface area contributed by atoms with Gasteiger partial charge in [0.05, 0.1) is 25.4 Å². The molecule has 0 saturated carbocycles. The number of rotatable bonds is 7. The lowest BCUT2D eigenvalue weighted by molar-refractivity contribution is 0.0341. The maximum absolute atomic E-state index is 11.7. The minimum atomic E-state index is -0.345. The third-order valence-corrected chi connectivity index (χ3v) is 4.35. The normalized spacial score (nSPS) is 14.8. The van der Waals surface area contributed by atoms with Gasteiger partial charge in [0, 0.05) is 32.4 Å². The first-order valence-electron chi connectivity index (χ1n) is 9.00. The summed E-state index contributed by atoms with van der Waals surface area (Å²) in [7, 11) is 0. The fourth-order valence-electron chi connectivity index (χ4n) is 2.90. The largest absolute Gasteiger partial charge is 0.462 e. The number of hydrogen-bond acceptors (Lipinski definition) is 6. The van der Waals surface area contributed by atoms with Crippen molar-refractivity contribution in [2.45, 2.75) is 20.0 Å². The fourth-order valence-corrected chi connectivity index (χ4v) is 2.90. The number of esters is 1. The van der Waals surface area contributed by atoms with Crippen molar-refractivity contribution < 1.29 is 14.3 Å². The van der Waals surface area contributed by atoms with Crippen LogP contribution in [0.25, 0.3) is 0 Å². The lowest BCUT2D eigenvalue weighted by Crippen LogP contribution is -2.35. The first-order chi connectivity index (χ1) is 12.8. The molecule has 0 bridgehead atoms. The third kappa shape index (κ3) is 5.03. The fraction of sp³-hybridized carbons (Fsp3) is 0.400. The second-order valence-corrected chi connectivity index (χ2v) is 6.16. The summed E-state index contributed by atoms with van der Waals surface area (Å²) in [6.07, 6.45) is 1.54. The zero-order valence-electron chi connectivity index (χ0n) is 15.1. The van der Waals surface area contributed by atoms with Gasteiger partial charge in [-0.3, -0.25) is 4.90 Å². The minimum Gasteiger partial charge on any atom is -0.462 e. The second-order valence-electron chi connectivity index (χ2n) is 6.16. The predicted molar refractivity (Wildman–Crippen MR) is 100 cm³/mol. The number of anilines is 1. The van der Waals surface area contributed by atoms with Crippen molar-refractivity contribution in [2.24, 2.45) is 0 Å². The lowest BCUT2D eigenvalue weighted by Gasteiger charge is -2.27. The molecule has 1 aliphatic heterocycles. The zero-order valence-corrected chi connectivity index (χ0v) is 15.1. The highest BCUT2D eigenvalue weighted by atomic mass is 16.5. The van der Waals surface area contributed by atoms with Crippen molar-refractivity contribution in [3.8, 4) is 0 Å². The average molecular weight is 355 g/mol. The molecule has 2 aromatic rings. The van der Waals surface area contributed by atoms with Gasteiger partial charge in [-0.2, -0.15) is 0 Å². The quantitative estimate of drug-likeness (QED) is 0.771. The summed E-state index contributed by atoms with van der Waals surface area (Å²) >= 11 is 0. The highest BCUT2D eigenvalue weighted by Crippen LogP contribution is 2.15. The maximum Gasteiger partial charge on any atom is 0.339 e. The van der Waals surface area contributed by atoms with E-state index in [4.69, 9.17) is 9.47 Å². The third-order valence-electron chi connectivity index (χ3n) is 4.35. The Morgan fingerprint density at radius 1 is 1.19 bits per heavy atom. The summed E-state index contributed by atoms with van der Waals surface area (Å²) in [5, 5.41) is 3.33. The molecule has 1 N–H and O–H groups in total. The average Bonchev–Trinajstić information content (AvgIpc) is 2.69. The number of ether oxygens (including phenoxy) is 2. The van der Waals surface area contributed by atoms with Crippen LogP contribution in [-0.2, 0) is 22.6 Å². The van der Waals surface area contributed by atoms with Crippen LogP contribution in [0, 0.1) is 0 Å². The van der Waals surface area contributed by atoms with Crippen molar-refractivity contribution in [2.75, 3.05) is 38.2 Å². The summed E-state index contributed by atoms with van der Waals surface area (Å²) < 4.78 is 10.4. The molecular weight excluding hydrogens is 330 g/mol. The van der Waals surface area contributed by atoms with Crippen molar-refractivity contribution >= 4 is 11.8 Å². The standard InChI is InChI=1S/C20H25N3O3/c1-2-26-20(24)17-7-8-19(22-14-17)21-13-16-5-3-4-6-18(16)15-23-9-11-25-12-10-23/h3-8,14H,2,9-13,15H2,1H3,(H,21,22). The van der Waals surface area contributed by atoms with E-state index >= 15 is 0 Å². The van der Waals surface area contributed by atoms with Crippen LogP contribution < -0.4 is 5.32 Å². The molecule has 0 aliphatic carbocycles. The predicted octanol–water partition coefficient (Wildman–Crippen LogP) is 2.70. The molecule has 6 heteroatoms. The molecule has 1 saturated heterocycles. The Morgan fingerprint density at radius 3 is 2.65 bits per heavy atom. The summed E-state index contributed by atoms with van der Waals surface area (Å²) in [6.45, 7) is 7.31. The van der Waals surface area contributed by atoms with Crippen molar-refractivity contribution in [1.82, 2.24) is 9.88 Å². The van der Waals surface area contributed by atoms with Gasteiger partial charge >= 0.3 is 5.97 Å². The Balaban J connectivity index is 1.60. The number of nitrogens with one attached hydrogen (secondary N) is 1. The van der Waals surface area contributed by atoms with E-state index in [2.05, 4.69) is 39.5 Å². The van der Waals surface area contributed by atoms with Crippen LogP contribution in [0.3, 0.4) is 0 Å². The molecule has 3 rings (SSSR count). The highest BCUT2D eigenvalue weighted by molar-refractivity contribution is 5.89. The molecule has 1 aromatic heterocycles. The van der Waals surface area contributed by atoms with E-state index in [9.17, 15) is 4.79 Å². The van der Waals surface area contributed by atoms with E-state index in [0.717, 1.165) is 38.7 Å². The minimum absolute atomic E-state index is 0.345. The van der Waals surface area contributed by atoms with Crippen molar-refractivity contribution in [3.63, 3.8) is 0 Å². The first kappa shape index (κ1) is 18.4. The number of hydrogen-bond donors (Lipinski definition) is 1. The summed E-state index contributed by atoms with van der Waals surface area (Å²) in [5.74, 6) is 0.390. The van der Waals surface area contributed by atoms with Crippen LogP contribution in [0.1, 0.15) is 28.4 Å². The van der Waals surface area contributed by atoms with Gasteiger partial charge in [0.25, 0.3) is 0 Å². The van der Waals surface area contributed by atoms with Crippen LogP contribution in [0.4, 0.5) is 5.82 Å². The molecule has 26 heavy (non-hydrogen) atoms. The van der Waals surface area contributed by atoms with Gasteiger partial charge in [-0.1, -0.05) is 24.3 Å². The Bertz CT molecular complexity index is 712. The number of pyridine rings is 1. The number of nitrogens with zero attached hydrogens (tertiary/aromatic N) is 2. The van der Waals surface area contributed by atoms with Crippen LogP contribution >= 0.6 is 0 Å². The second kappa shape index (κ2) is 9.31. The highest BCUT2D eigenvalue weighted by Gasteiger charge is 2.13. The topological polar surface area (TPSA) is 63.7 Å². The van der Waals surface area contributed by atoms with Gasteiger partial charge in [-0.15, -0.1) is 0 Å². The van der Waals surface area contributed by atoms with Crippen LogP contribution in [0.5, 0.6) is 0 Å². The van der Waals surface area contributed by atoms with Crippen LogP contribution in [-0.4, -0.2) is 48.8 Å². The van der Waals surface area contributed by atoms with Crippen molar-refractivity contribution in [3.05, 3.63) is 59.3 Å². The number of benzene rings is 1. The van der Waals surface area contributed by atoms with E-state index in [1.807, 2.05) is 0 Å². The molecule has 1 aromatic carbocycles. The molecule has 2 heterocycles. The summed E-state index contributed by atoms with van der Waals surface area (Å²) in [4.78, 5) is 18.4. The van der Waals surface area contributed by atoms with Gasteiger partial charge in [-0.05, 0) is 30.2 Å². The van der Waals surface area contributed by atoms with Crippen LogP contribution in [0.2, 0.25) is 0 Å². The van der Waals surface area contributed by atoms with E-state index in [1.165, 1.54) is 11.1 Å². The molecule has 0 atom stereocenters. The summed E-state index contributed by atoms with van der Waals surface area (Å²) in [5.41, 5.74) is 3.02. The Hall–Kier alpha value is -2.44. The molecule has 0 radical (unpaired) electrons. The molecular formula is C20H25N3O3. The molecule has 0 unspecified atom stereocenters. The van der Waals surface area contributed by atoms with Crippen LogP contribution in [0.15, 0.2) is 42.6 Å². The number of carbonyl (C=O) groups is 1. The molecule has 138 valence electrons. The lowest BCUT2D eigenvalue weighted by atomic mass is 10.1. The summed E-state index contributed by atoms with van der Waals surface area (Å²) in [6, 6.07) is 12.0. The Labute approximate surface area is 154 Å². The molecule has 1 aliphatic rings. The van der Waals surface area contributed by atoms with E-state index < -0.39 is 0 Å². The first-order valence-corrected chi connectivity index (χ1v) is 9.00. The van der Waals surface area contributed by atoms with Gasteiger partial charge in [0.1, 0.15) is 5.82 Å². The Morgan fingerprint density at radius 2 is 1.96 bits per heavy atom.